The second kappa shape index (κ2) is 5.43. The Morgan fingerprint density at radius 2 is 2.12 bits per heavy atom. The zero-order valence-corrected chi connectivity index (χ0v) is 10.6. The van der Waals surface area contributed by atoms with Gasteiger partial charge in [-0.3, -0.25) is 4.98 Å². The Morgan fingerprint density at radius 3 is 2.69 bits per heavy atom. The minimum atomic E-state index is 0.273. The Labute approximate surface area is 104 Å². The van der Waals surface area contributed by atoms with Crippen LogP contribution in [0.5, 0.6) is 0 Å². The van der Waals surface area contributed by atoms with Crippen LogP contribution in [-0.4, -0.2) is 12.0 Å². The Kier molecular flexibility index (Phi) is 3.93. The van der Waals surface area contributed by atoms with Gasteiger partial charge in [-0.05, 0) is 42.6 Å². The van der Waals surface area contributed by atoms with Crippen molar-refractivity contribution >= 4 is 22.9 Å². The van der Waals surface area contributed by atoms with Gasteiger partial charge in [-0.15, -0.1) is 11.3 Å². The first-order valence-electron chi connectivity index (χ1n) is 5.10. The molecule has 2 aromatic heterocycles. The lowest BCUT2D eigenvalue weighted by Crippen LogP contribution is -2.18. The van der Waals surface area contributed by atoms with Crippen molar-refractivity contribution in [2.75, 3.05) is 7.05 Å². The lowest BCUT2D eigenvalue weighted by Gasteiger charge is -2.15. The van der Waals surface area contributed by atoms with E-state index in [2.05, 4.69) is 10.3 Å². The van der Waals surface area contributed by atoms with E-state index in [0.29, 0.717) is 0 Å². The van der Waals surface area contributed by atoms with Gasteiger partial charge in [-0.2, -0.15) is 0 Å². The Hall–Kier alpha value is -0.900. The first kappa shape index (κ1) is 11.6. The van der Waals surface area contributed by atoms with E-state index in [4.69, 9.17) is 11.6 Å². The molecule has 0 saturated carbocycles. The molecule has 0 amide bonds. The average molecular weight is 253 g/mol. The largest absolute Gasteiger partial charge is 0.312 e. The van der Waals surface area contributed by atoms with Gasteiger partial charge in [0.15, 0.2) is 0 Å². The maximum atomic E-state index is 6.14. The SMILES string of the molecule is CNC(Cc1ccncc1)c1sccc1Cl. The fraction of sp³-hybridized carbons (Fsp3) is 0.250. The van der Waals surface area contributed by atoms with E-state index in [1.54, 1.807) is 11.3 Å². The summed E-state index contributed by atoms with van der Waals surface area (Å²) in [6.45, 7) is 0. The molecule has 0 aliphatic carbocycles. The lowest BCUT2D eigenvalue weighted by molar-refractivity contribution is 0.602. The monoisotopic (exact) mass is 252 g/mol. The van der Waals surface area contributed by atoms with E-state index in [9.17, 15) is 0 Å². The highest BCUT2D eigenvalue weighted by Crippen LogP contribution is 2.30. The molecule has 1 N–H and O–H groups in total. The number of nitrogens with zero attached hydrogens (tertiary/aromatic N) is 1. The molecule has 0 aliphatic rings. The minimum absolute atomic E-state index is 0.273. The number of thiophene rings is 1. The molecule has 0 fully saturated rings. The minimum Gasteiger partial charge on any atom is -0.312 e. The number of hydrogen-bond donors (Lipinski definition) is 1. The molecule has 84 valence electrons. The van der Waals surface area contributed by atoms with E-state index in [1.807, 2.05) is 43.0 Å². The average Bonchev–Trinajstić information content (AvgIpc) is 2.74. The highest BCUT2D eigenvalue weighted by molar-refractivity contribution is 7.10. The Bertz CT molecular complexity index is 441. The van der Waals surface area contributed by atoms with Crippen molar-refractivity contribution in [1.29, 1.82) is 0 Å². The second-order valence-electron chi connectivity index (χ2n) is 3.53. The molecule has 0 saturated heterocycles. The van der Waals surface area contributed by atoms with Crippen molar-refractivity contribution in [2.45, 2.75) is 12.5 Å². The normalized spacial score (nSPS) is 12.6. The third-order valence-electron chi connectivity index (χ3n) is 2.50. The van der Waals surface area contributed by atoms with Gasteiger partial charge in [0.1, 0.15) is 0 Å². The van der Waals surface area contributed by atoms with Crippen molar-refractivity contribution in [2.24, 2.45) is 0 Å². The molecular formula is C12H13ClN2S. The number of hydrogen-bond acceptors (Lipinski definition) is 3. The first-order valence-corrected chi connectivity index (χ1v) is 6.36. The number of halogens is 1. The fourth-order valence-corrected chi connectivity index (χ4v) is 2.93. The summed E-state index contributed by atoms with van der Waals surface area (Å²) in [4.78, 5) is 5.21. The van der Waals surface area contributed by atoms with Gasteiger partial charge >= 0.3 is 0 Å². The van der Waals surface area contributed by atoms with Crippen molar-refractivity contribution in [1.82, 2.24) is 10.3 Å². The summed E-state index contributed by atoms with van der Waals surface area (Å²) in [7, 11) is 1.96. The van der Waals surface area contributed by atoms with Crippen molar-refractivity contribution in [3.05, 3.63) is 51.4 Å². The molecule has 0 aliphatic heterocycles. The molecule has 0 aromatic carbocycles. The van der Waals surface area contributed by atoms with Gasteiger partial charge in [-0.25, -0.2) is 0 Å². The van der Waals surface area contributed by atoms with Gasteiger partial charge in [0.05, 0.1) is 5.02 Å². The molecule has 1 atom stereocenters. The summed E-state index contributed by atoms with van der Waals surface area (Å²) in [6.07, 6.45) is 4.56. The zero-order valence-electron chi connectivity index (χ0n) is 8.98. The highest BCUT2D eigenvalue weighted by Gasteiger charge is 2.14. The van der Waals surface area contributed by atoms with Crippen molar-refractivity contribution < 1.29 is 0 Å². The van der Waals surface area contributed by atoms with E-state index >= 15 is 0 Å². The van der Waals surface area contributed by atoms with E-state index in [1.165, 1.54) is 10.4 Å². The molecule has 1 unspecified atom stereocenters. The third-order valence-corrected chi connectivity index (χ3v) is 3.97. The fourth-order valence-electron chi connectivity index (χ4n) is 1.63. The smallest absolute Gasteiger partial charge is 0.0561 e. The van der Waals surface area contributed by atoms with E-state index in [0.717, 1.165) is 11.4 Å². The standard InChI is InChI=1S/C12H13ClN2S/c1-14-11(12-10(13)4-7-16-12)8-9-2-5-15-6-3-9/h2-7,11,14H,8H2,1H3. The van der Waals surface area contributed by atoms with E-state index in [-0.39, 0.29) is 6.04 Å². The third kappa shape index (κ3) is 2.61. The second-order valence-corrected chi connectivity index (χ2v) is 4.89. The molecule has 2 rings (SSSR count). The van der Waals surface area contributed by atoms with Crippen LogP contribution in [0, 0.1) is 0 Å². The van der Waals surface area contributed by atoms with Crippen LogP contribution in [0.15, 0.2) is 36.0 Å². The van der Waals surface area contributed by atoms with Gasteiger partial charge in [-0.1, -0.05) is 11.6 Å². The zero-order chi connectivity index (χ0) is 11.4. The molecule has 0 radical (unpaired) electrons. The van der Waals surface area contributed by atoms with Crippen LogP contribution in [0.4, 0.5) is 0 Å². The molecule has 16 heavy (non-hydrogen) atoms. The lowest BCUT2D eigenvalue weighted by atomic mass is 10.1. The molecule has 2 nitrogen and oxygen atoms in total. The summed E-state index contributed by atoms with van der Waals surface area (Å²) in [5.41, 5.74) is 1.26. The van der Waals surface area contributed by atoms with Gasteiger partial charge in [0, 0.05) is 23.3 Å². The van der Waals surface area contributed by atoms with Crippen LogP contribution in [0.2, 0.25) is 5.02 Å². The summed E-state index contributed by atoms with van der Waals surface area (Å²) >= 11 is 7.83. The van der Waals surface area contributed by atoms with Crippen molar-refractivity contribution in [3.8, 4) is 0 Å². The maximum Gasteiger partial charge on any atom is 0.0561 e. The number of pyridine rings is 1. The topological polar surface area (TPSA) is 24.9 Å². The molecule has 2 aromatic rings. The number of likely N-dealkylation sites (N-methyl/N-ethyl adjacent to an activating group) is 1. The predicted molar refractivity (Wildman–Crippen MR) is 69.1 cm³/mol. The maximum absolute atomic E-state index is 6.14. The summed E-state index contributed by atoms with van der Waals surface area (Å²) < 4.78 is 0. The van der Waals surface area contributed by atoms with Crippen LogP contribution >= 0.6 is 22.9 Å². The van der Waals surface area contributed by atoms with Crippen LogP contribution in [0.25, 0.3) is 0 Å². The van der Waals surface area contributed by atoms with Gasteiger partial charge in [0.2, 0.25) is 0 Å². The van der Waals surface area contributed by atoms with Crippen LogP contribution in [-0.2, 0) is 6.42 Å². The summed E-state index contributed by atoms with van der Waals surface area (Å²) in [5.74, 6) is 0. The van der Waals surface area contributed by atoms with Crippen LogP contribution in [0.3, 0.4) is 0 Å². The predicted octanol–water partition coefficient (Wildman–Crippen LogP) is 3.30. The molecule has 0 spiro atoms. The number of nitrogens with one attached hydrogen (secondary N) is 1. The number of rotatable bonds is 4. The molecule has 0 bridgehead atoms. The highest BCUT2D eigenvalue weighted by atomic mass is 35.5. The van der Waals surface area contributed by atoms with Crippen LogP contribution < -0.4 is 5.32 Å². The Balaban J connectivity index is 2.16. The quantitative estimate of drug-likeness (QED) is 0.903. The molecular weight excluding hydrogens is 240 g/mol. The Morgan fingerprint density at radius 1 is 1.38 bits per heavy atom. The van der Waals surface area contributed by atoms with E-state index < -0.39 is 0 Å². The molecule has 2 heterocycles. The summed E-state index contributed by atoms with van der Waals surface area (Å²) in [5, 5.41) is 6.17. The summed E-state index contributed by atoms with van der Waals surface area (Å²) in [6, 6.07) is 6.28. The van der Waals surface area contributed by atoms with Crippen LogP contribution in [0.1, 0.15) is 16.5 Å². The molecule has 4 heteroatoms. The van der Waals surface area contributed by atoms with Gasteiger partial charge < -0.3 is 5.32 Å². The van der Waals surface area contributed by atoms with Gasteiger partial charge in [0.25, 0.3) is 0 Å². The van der Waals surface area contributed by atoms with Crippen molar-refractivity contribution in [3.63, 3.8) is 0 Å². The number of aromatic nitrogens is 1. The first-order chi connectivity index (χ1) is 7.81.